The third-order valence-corrected chi connectivity index (χ3v) is 5.00. The molecule has 1 heterocycles. The third kappa shape index (κ3) is 4.23. The van der Waals surface area contributed by atoms with Gasteiger partial charge in [0.2, 0.25) is 0 Å². The van der Waals surface area contributed by atoms with Crippen molar-refractivity contribution < 1.29 is 0 Å². The highest BCUT2D eigenvalue weighted by molar-refractivity contribution is 6.30. The van der Waals surface area contributed by atoms with E-state index in [1.54, 1.807) is 0 Å². The van der Waals surface area contributed by atoms with Crippen LogP contribution >= 0.6 is 11.6 Å². The van der Waals surface area contributed by atoms with E-state index in [1.807, 2.05) is 6.07 Å². The molecule has 1 saturated heterocycles. The zero-order valence-electron chi connectivity index (χ0n) is 14.0. The van der Waals surface area contributed by atoms with Gasteiger partial charge in [0.1, 0.15) is 0 Å². The van der Waals surface area contributed by atoms with E-state index in [-0.39, 0.29) is 0 Å². The van der Waals surface area contributed by atoms with Crippen LogP contribution in [0.2, 0.25) is 5.02 Å². The van der Waals surface area contributed by atoms with Gasteiger partial charge in [0, 0.05) is 17.5 Å². The van der Waals surface area contributed by atoms with Gasteiger partial charge in [-0.1, -0.05) is 51.4 Å². The molecule has 0 saturated carbocycles. The molecule has 1 aromatic rings. The summed E-state index contributed by atoms with van der Waals surface area (Å²) in [6.45, 7) is 11.7. The van der Waals surface area contributed by atoms with Crippen molar-refractivity contribution in [2.45, 2.75) is 52.9 Å². The maximum absolute atomic E-state index is 6.25. The number of nitrogens with one attached hydrogen (secondary N) is 1. The molecule has 1 N–H and O–H groups in total. The van der Waals surface area contributed by atoms with E-state index in [4.69, 9.17) is 11.6 Å². The first-order chi connectivity index (χ1) is 9.93. The quantitative estimate of drug-likeness (QED) is 0.758. The van der Waals surface area contributed by atoms with Gasteiger partial charge in [0.05, 0.1) is 0 Å². The Morgan fingerprint density at radius 1 is 1.19 bits per heavy atom. The van der Waals surface area contributed by atoms with Crippen molar-refractivity contribution in [1.82, 2.24) is 5.32 Å². The Kier molecular flexibility index (Phi) is 5.73. The van der Waals surface area contributed by atoms with Crippen molar-refractivity contribution in [2.75, 3.05) is 13.1 Å². The van der Waals surface area contributed by atoms with Crippen molar-refractivity contribution in [3.05, 3.63) is 34.9 Å². The lowest BCUT2D eigenvalue weighted by Gasteiger charge is -2.47. The Hall–Kier alpha value is -0.530. The molecule has 21 heavy (non-hydrogen) atoms. The Balaban J connectivity index is 2.37. The van der Waals surface area contributed by atoms with Crippen molar-refractivity contribution in [1.29, 1.82) is 0 Å². The fourth-order valence-electron chi connectivity index (χ4n) is 4.37. The first-order valence-electron chi connectivity index (χ1n) is 8.39. The number of rotatable bonds is 5. The Morgan fingerprint density at radius 3 is 2.43 bits per heavy atom. The highest BCUT2D eigenvalue weighted by atomic mass is 35.5. The number of hydrogen-bond acceptors (Lipinski definition) is 1. The predicted octanol–water partition coefficient (Wildman–Crippen LogP) is 5.50. The van der Waals surface area contributed by atoms with Crippen molar-refractivity contribution >= 4 is 11.6 Å². The molecule has 0 radical (unpaired) electrons. The standard InChI is InChI=1S/C19H30ClN/c1-14(2)11-19(12-15(3)4)8-9-21-13-18(19)16-6-5-7-17(20)10-16/h5-7,10,14-15,18,21H,8-9,11-13H2,1-4H3. The molecule has 1 aromatic carbocycles. The van der Waals surface area contributed by atoms with Crippen molar-refractivity contribution in [2.24, 2.45) is 17.3 Å². The van der Waals surface area contributed by atoms with Gasteiger partial charge in [0.15, 0.2) is 0 Å². The summed E-state index contributed by atoms with van der Waals surface area (Å²) >= 11 is 6.25. The number of hydrogen-bond donors (Lipinski definition) is 1. The van der Waals surface area contributed by atoms with E-state index in [0.29, 0.717) is 11.3 Å². The normalized spacial score (nSPS) is 22.0. The average molecular weight is 308 g/mol. The molecular formula is C19H30ClN. The predicted molar refractivity (Wildman–Crippen MR) is 93.0 cm³/mol. The molecule has 0 aliphatic carbocycles. The molecule has 0 spiro atoms. The minimum absolute atomic E-state index is 0.415. The number of halogens is 1. The van der Waals surface area contributed by atoms with Gasteiger partial charge in [-0.05, 0) is 60.8 Å². The van der Waals surface area contributed by atoms with E-state index in [1.165, 1.54) is 24.8 Å². The fourth-order valence-corrected chi connectivity index (χ4v) is 4.57. The van der Waals surface area contributed by atoms with Gasteiger partial charge in [0.25, 0.3) is 0 Å². The van der Waals surface area contributed by atoms with Gasteiger partial charge < -0.3 is 5.32 Å². The van der Waals surface area contributed by atoms with Crippen LogP contribution in [0.1, 0.15) is 58.4 Å². The summed E-state index contributed by atoms with van der Waals surface area (Å²) in [7, 11) is 0. The monoisotopic (exact) mass is 307 g/mol. The zero-order chi connectivity index (χ0) is 15.5. The summed E-state index contributed by atoms with van der Waals surface area (Å²) in [5.74, 6) is 2.06. The van der Waals surface area contributed by atoms with Crippen LogP contribution in [0.3, 0.4) is 0 Å². The molecule has 1 fully saturated rings. The van der Waals surface area contributed by atoms with Gasteiger partial charge in [-0.15, -0.1) is 0 Å². The summed E-state index contributed by atoms with van der Waals surface area (Å²) in [5, 5.41) is 4.47. The summed E-state index contributed by atoms with van der Waals surface area (Å²) < 4.78 is 0. The van der Waals surface area contributed by atoms with Gasteiger partial charge >= 0.3 is 0 Å². The average Bonchev–Trinajstić information content (AvgIpc) is 2.37. The fraction of sp³-hybridized carbons (Fsp3) is 0.684. The van der Waals surface area contributed by atoms with Crippen LogP contribution in [0.4, 0.5) is 0 Å². The second kappa shape index (κ2) is 7.15. The third-order valence-electron chi connectivity index (χ3n) is 4.77. The van der Waals surface area contributed by atoms with Gasteiger partial charge in [-0.25, -0.2) is 0 Å². The summed E-state index contributed by atoms with van der Waals surface area (Å²) in [4.78, 5) is 0. The molecule has 1 unspecified atom stereocenters. The maximum Gasteiger partial charge on any atom is 0.0408 e. The molecule has 2 heteroatoms. The second-order valence-corrected chi connectivity index (χ2v) is 8.06. The Labute approximate surface area is 135 Å². The lowest BCUT2D eigenvalue weighted by molar-refractivity contribution is 0.0971. The summed E-state index contributed by atoms with van der Waals surface area (Å²) in [6.07, 6.45) is 3.90. The van der Waals surface area contributed by atoms with Crippen LogP contribution in [0.25, 0.3) is 0 Å². The molecule has 1 nitrogen and oxygen atoms in total. The van der Waals surface area contributed by atoms with Gasteiger partial charge in [-0.2, -0.15) is 0 Å². The lowest BCUT2D eigenvalue weighted by Crippen LogP contribution is -2.45. The van der Waals surface area contributed by atoms with E-state index in [0.717, 1.165) is 29.9 Å². The molecule has 2 rings (SSSR count). The lowest BCUT2D eigenvalue weighted by atomic mass is 9.61. The molecule has 0 aromatic heterocycles. The first kappa shape index (κ1) is 16.8. The van der Waals surface area contributed by atoms with Crippen LogP contribution in [0.5, 0.6) is 0 Å². The minimum Gasteiger partial charge on any atom is -0.316 e. The van der Waals surface area contributed by atoms with Gasteiger partial charge in [-0.3, -0.25) is 0 Å². The van der Waals surface area contributed by atoms with E-state index in [2.05, 4.69) is 51.2 Å². The molecule has 0 bridgehead atoms. The first-order valence-corrected chi connectivity index (χ1v) is 8.77. The van der Waals surface area contributed by atoms with Crippen molar-refractivity contribution in [3.8, 4) is 0 Å². The molecule has 1 aliphatic rings. The summed E-state index contributed by atoms with van der Waals surface area (Å²) in [6, 6.07) is 8.52. The second-order valence-electron chi connectivity index (χ2n) is 7.62. The van der Waals surface area contributed by atoms with Crippen LogP contribution in [0, 0.1) is 17.3 Å². The highest BCUT2D eigenvalue weighted by Crippen LogP contribution is 2.49. The van der Waals surface area contributed by atoms with E-state index >= 15 is 0 Å². The largest absolute Gasteiger partial charge is 0.316 e. The Morgan fingerprint density at radius 2 is 1.86 bits per heavy atom. The van der Waals surface area contributed by atoms with Crippen LogP contribution < -0.4 is 5.32 Å². The van der Waals surface area contributed by atoms with Crippen molar-refractivity contribution in [3.63, 3.8) is 0 Å². The van der Waals surface area contributed by atoms with Crippen LogP contribution in [0.15, 0.2) is 24.3 Å². The maximum atomic E-state index is 6.25. The van der Waals surface area contributed by atoms with E-state index < -0.39 is 0 Å². The smallest absolute Gasteiger partial charge is 0.0408 e. The molecule has 1 atom stereocenters. The Bertz CT molecular complexity index is 443. The summed E-state index contributed by atoms with van der Waals surface area (Å²) in [5.41, 5.74) is 1.83. The molecular weight excluding hydrogens is 278 g/mol. The topological polar surface area (TPSA) is 12.0 Å². The molecule has 1 aliphatic heterocycles. The molecule has 0 amide bonds. The minimum atomic E-state index is 0.415. The van der Waals surface area contributed by atoms with Crippen LogP contribution in [-0.2, 0) is 0 Å². The number of benzene rings is 1. The zero-order valence-corrected chi connectivity index (χ0v) is 14.7. The molecule has 118 valence electrons. The van der Waals surface area contributed by atoms with E-state index in [9.17, 15) is 0 Å². The highest BCUT2D eigenvalue weighted by Gasteiger charge is 2.42. The van der Waals surface area contributed by atoms with Crippen LogP contribution in [-0.4, -0.2) is 13.1 Å². The number of piperidine rings is 1. The SMILES string of the molecule is CC(C)CC1(CC(C)C)CCNCC1c1cccc(Cl)c1.